The van der Waals surface area contributed by atoms with Crippen molar-refractivity contribution in [2.75, 3.05) is 19.1 Å². The van der Waals surface area contributed by atoms with Crippen LogP contribution in [-0.2, 0) is 19.1 Å². The average Bonchev–Trinajstić information content (AvgIpc) is 3.06. The van der Waals surface area contributed by atoms with E-state index in [1.807, 2.05) is 42.5 Å². The standard InChI is InChI=1S/C26H21NO5/c1-30-25(28)23-9-5-6-16-27(24(23)26(29)31-2)20-11-14-21(15-12-20)32-22-13-10-18-7-3-4-8-19(18)17-22/h3-17H,1-2H3. The van der Waals surface area contributed by atoms with Gasteiger partial charge in [0.05, 0.1) is 19.8 Å². The normalized spacial score (nSPS) is 13.1. The van der Waals surface area contributed by atoms with E-state index in [1.54, 1.807) is 47.5 Å². The summed E-state index contributed by atoms with van der Waals surface area (Å²) in [6.45, 7) is 0. The second-order valence-corrected chi connectivity index (χ2v) is 6.92. The quantitative estimate of drug-likeness (QED) is 0.527. The number of allylic oxidation sites excluding steroid dienone is 2. The third-order valence-electron chi connectivity index (χ3n) is 4.96. The van der Waals surface area contributed by atoms with Crippen LogP contribution in [0.25, 0.3) is 10.8 Å². The van der Waals surface area contributed by atoms with Gasteiger partial charge in [0, 0.05) is 11.9 Å². The van der Waals surface area contributed by atoms with E-state index in [4.69, 9.17) is 14.2 Å². The van der Waals surface area contributed by atoms with Gasteiger partial charge in [-0.3, -0.25) is 0 Å². The second-order valence-electron chi connectivity index (χ2n) is 6.92. The minimum atomic E-state index is -0.655. The molecule has 0 saturated carbocycles. The van der Waals surface area contributed by atoms with Gasteiger partial charge in [0.2, 0.25) is 0 Å². The second kappa shape index (κ2) is 9.22. The van der Waals surface area contributed by atoms with Crippen molar-refractivity contribution >= 4 is 28.4 Å². The lowest BCUT2D eigenvalue weighted by atomic mass is 10.1. The summed E-state index contributed by atoms with van der Waals surface area (Å²) in [5.41, 5.74) is 0.811. The minimum Gasteiger partial charge on any atom is -0.465 e. The van der Waals surface area contributed by atoms with E-state index in [-0.39, 0.29) is 11.3 Å². The fourth-order valence-corrected chi connectivity index (χ4v) is 3.41. The zero-order valence-corrected chi connectivity index (χ0v) is 17.6. The van der Waals surface area contributed by atoms with Gasteiger partial charge in [-0.15, -0.1) is 0 Å². The van der Waals surface area contributed by atoms with E-state index >= 15 is 0 Å². The monoisotopic (exact) mass is 427 g/mol. The van der Waals surface area contributed by atoms with Crippen molar-refractivity contribution in [3.63, 3.8) is 0 Å². The van der Waals surface area contributed by atoms with Crippen molar-refractivity contribution in [2.45, 2.75) is 0 Å². The molecule has 0 aliphatic carbocycles. The number of hydrogen-bond donors (Lipinski definition) is 0. The lowest BCUT2D eigenvalue weighted by molar-refractivity contribution is -0.139. The molecule has 0 unspecified atom stereocenters. The van der Waals surface area contributed by atoms with Crippen LogP contribution in [0.3, 0.4) is 0 Å². The Labute approximate surface area is 185 Å². The summed E-state index contributed by atoms with van der Waals surface area (Å²) in [4.78, 5) is 26.4. The molecule has 0 bridgehead atoms. The molecule has 6 heteroatoms. The molecule has 1 aliphatic heterocycles. The number of fused-ring (bicyclic) bond motifs is 1. The lowest BCUT2D eigenvalue weighted by Gasteiger charge is -2.23. The molecule has 6 nitrogen and oxygen atoms in total. The Balaban J connectivity index is 1.64. The number of carbonyl (C=O) groups is 2. The van der Waals surface area contributed by atoms with Gasteiger partial charge in [-0.1, -0.05) is 36.4 Å². The Bertz CT molecular complexity index is 1250. The van der Waals surface area contributed by atoms with Crippen molar-refractivity contribution in [3.8, 4) is 11.5 Å². The highest BCUT2D eigenvalue weighted by molar-refractivity contribution is 6.05. The number of rotatable bonds is 5. The molecule has 0 spiro atoms. The average molecular weight is 427 g/mol. The molecule has 4 rings (SSSR count). The molecular weight excluding hydrogens is 406 g/mol. The molecule has 1 aliphatic rings. The van der Waals surface area contributed by atoms with Gasteiger partial charge in [-0.25, -0.2) is 9.59 Å². The molecule has 3 aromatic rings. The highest BCUT2D eigenvalue weighted by Gasteiger charge is 2.27. The maximum absolute atomic E-state index is 12.5. The topological polar surface area (TPSA) is 65.1 Å². The minimum absolute atomic E-state index is 0.0625. The van der Waals surface area contributed by atoms with Gasteiger partial charge in [-0.05, 0) is 59.3 Å². The third kappa shape index (κ3) is 4.25. The van der Waals surface area contributed by atoms with Crippen molar-refractivity contribution in [1.82, 2.24) is 0 Å². The third-order valence-corrected chi connectivity index (χ3v) is 4.96. The Morgan fingerprint density at radius 1 is 0.750 bits per heavy atom. The Morgan fingerprint density at radius 2 is 1.44 bits per heavy atom. The fourth-order valence-electron chi connectivity index (χ4n) is 3.41. The van der Waals surface area contributed by atoms with Crippen molar-refractivity contribution in [2.24, 2.45) is 0 Å². The first kappa shape index (κ1) is 20.9. The summed E-state index contributed by atoms with van der Waals surface area (Å²) >= 11 is 0. The van der Waals surface area contributed by atoms with Gasteiger partial charge >= 0.3 is 11.9 Å². The molecule has 0 aromatic heterocycles. The van der Waals surface area contributed by atoms with E-state index in [1.165, 1.54) is 20.3 Å². The van der Waals surface area contributed by atoms with E-state index in [0.29, 0.717) is 11.4 Å². The molecule has 3 aromatic carbocycles. The highest BCUT2D eigenvalue weighted by atomic mass is 16.5. The zero-order valence-electron chi connectivity index (χ0n) is 17.6. The number of carbonyl (C=O) groups excluding carboxylic acids is 2. The molecule has 0 fully saturated rings. The molecule has 160 valence electrons. The van der Waals surface area contributed by atoms with Crippen LogP contribution in [0.1, 0.15) is 0 Å². The van der Waals surface area contributed by atoms with Crippen LogP contribution in [0.2, 0.25) is 0 Å². The number of esters is 2. The number of methoxy groups -OCH3 is 2. The maximum atomic E-state index is 12.5. The molecule has 32 heavy (non-hydrogen) atoms. The summed E-state index contributed by atoms with van der Waals surface area (Å²) in [6, 6.07) is 21.2. The predicted octanol–water partition coefficient (Wildman–Crippen LogP) is 5.12. The van der Waals surface area contributed by atoms with Crippen LogP contribution in [0, 0.1) is 0 Å². The van der Waals surface area contributed by atoms with Crippen LogP contribution in [0.4, 0.5) is 5.69 Å². The number of hydrogen-bond acceptors (Lipinski definition) is 6. The summed E-state index contributed by atoms with van der Waals surface area (Å²) in [6.07, 6.45) is 6.58. The number of anilines is 1. The van der Waals surface area contributed by atoms with E-state index in [0.717, 1.165) is 16.5 Å². The number of nitrogens with zero attached hydrogens (tertiary/aromatic N) is 1. The van der Waals surface area contributed by atoms with Crippen molar-refractivity contribution < 1.29 is 23.8 Å². The summed E-state index contributed by atoms with van der Waals surface area (Å²) in [5.74, 6) is 0.0703. The largest absolute Gasteiger partial charge is 0.465 e. The van der Waals surface area contributed by atoms with Crippen LogP contribution in [-0.4, -0.2) is 26.2 Å². The van der Waals surface area contributed by atoms with Crippen molar-refractivity contribution in [1.29, 1.82) is 0 Å². The van der Waals surface area contributed by atoms with E-state index < -0.39 is 11.9 Å². The Kier molecular flexibility index (Phi) is 6.03. The Morgan fingerprint density at radius 3 is 2.16 bits per heavy atom. The molecule has 0 atom stereocenters. The molecular formula is C26H21NO5. The maximum Gasteiger partial charge on any atom is 0.355 e. The SMILES string of the molecule is COC(=O)C1=C(C(=O)OC)N(c2ccc(Oc3ccc4ccccc4c3)cc2)C=CC=C1. The molecule has 0 radical (unpaired) electrons. The molecule has 1 heterocycles. The number of ether oxygens (including phenoxy) is 3. The van der Waals surface area contributed by atoms with Crippen molar-refractivity contribution in [3.05, 3.63) is 102 Å². The van der Waals surface area contributed by atoms with Gasteiger partial charge in [-0.2, -0.15) is 0 Å². The first-order chi connectivity index (χ1) is 15.6. The Hall–Kier alpha value is -4.32. The lowest BCUT2D eigenvalue weighted by Crippen LogP contribution is -2.26. The summed E-state index contributed by atoms with van der Waals surface area (Å²) in [7, 11) is 2.53. The summed E-state index contributed by atoms with van der Waals surface area (Å²) < 4.78 is 15.8. The van der Waals surface area contributed by atoms with E-state index in [2.05, 4.69) is 0 Å². The first-order valence-corrected chi connectivity index (χ1v) is 9.92. The first-order valence-electron chi connectivity index (χ1n) is 9.92. The molecule has 0 amide bonds. The van der Waals surface area contributed by atoms with Gasteiger partial charge < -0.3 is 19.1 Å². The van der Waals surface area contributed by atoms with Gasteiger partial charge in [0.15, 0.2) is 0 Å². The fraction of sp³-hybridized carbons (Fsp3) is 0.0769. The van der Waals surface area contributed by atoms with Crippen LogP contribution in [0.15, 0.2) is 102 Å². The van der Waals surface area contributed by atoms with Crippen LogP contribution in [0.5, 0.6) is 11.5 Å². The van der Waals surface area contributed by atoms with Gasteiger partial charge in [0.25, 0.3) is 0 Å². The smallest absolute Gasteiger partial charge is 0.355 e. The summed E-state index contributed by atoms with van der Waals surface area (Å²) in [5, 5.41) is 2.23. The van der Waals surface area contributed by atoms with Gasteiger partial charge in [0.1, 0.15) is 17.2 Å². The van der Waals surface area contributed by atoms with Crippen LogP contribution < -0.4 is 9.64 Å². The van der Waals surface area contributed by atoms with E-state index in [9.17, 15) is 9.59 Å². The zero-order chi connectivity index (χ0) is 22.5. The molecule has 0 saturated heterocycles. The predicted molar refractivity (Wildman–Crippen MR) is 122 cm³/mol. The highest BCUT2D eigenvalue weighted by Crippen LogP contribution is 2.30. The molecule has 0 N–H and O–H groups in total. The number of benzene rings is 3. The van der Waals surface area contributed by atoms with Crippen LogP contribution >= 0.6 is 0 Å².